The second-order valence-corrected chi connectivity index (χ2v) is 23.8. The maximum absolute atomic E-state index is 2.72. The average molecular weight is 683 g/mol. The molecule has 2 aromatic carbocycles. The Hall–Kier alpha value is -0.747. The van der Waals surface area contributed by atoms with Crippen LogP contribution in [0.15, 0.2) is 51.3 Å². The van der Waals surface area contributed by atoms with Gasteiger partial charge < -0.3 is 0 Å². The fourth-order valence-electron chi connectivity index (χ4n) is 9.81. The molecule has 0 atom stereocenters. The molecule has 6 aliphatic rings. The largest absolute Gasteiger partial charge is 0.147 e. The van der Waals surface area contributed by atoms with Crippen LogP contribution in [0.1, 0.15) is 123 Å². The number of allylic oxidation sites excluding steroid dienone is 4. The molecular weight excluding hydrogens is 631 g/mol. The summed E-state index contributed by atoms with van der Waals surface area (Å²) in [7, 11) is 0. The summed E-state index contributed by atoms with van der Waals surface area (Å²) in [5, 5.41) is 0. The number of fused-ring (bicyclic) bond motifs is 3. The Morgan fingerprint density at radius 1 is 0.762 bits per heavy atom. The normalized spacial score (nSPS) is 27.0. The Morgan fingerprint density at radius 2 is 1.33 bits per heavy atom. The zero-order valence-electron chi connectivity index (χ0n) is 27.2. The van der Waals surface area contributed by atoms with Gasteiger partial charge in [0.1, 0.15) is 0 Å². The van der Waals surface area contributed by atoms with Crippen LogP contribution in [0.2, 0.25) is 0 Å². The molecule has 42 heavy (non-hydrogen) atoms. The van der Waals surface area contributed by atoms with Crippen LogP contribution in [-0.4, -0.2) is 3.21 Å². The van der Waals surface area contributed by atoms with Crippen molar-refractivity contribution in [1.82, 2.24) is 0 Å². The second-order valence-electron chi connectivity index (χ2n) is 16.7. The zero-order chi connectivity index (χ0) is 28.2. The van der Waals surface area contributed by atoms with Crippen molar-refractivity contribution in [2.24, 2.45) is 23.2 Å². The fourth-order valence-corrected chi connectivity index (χ4v) is 17.8. The van der Waals surface area contributed by atoms with Gasteiger partial charge in [-0.05, 0) is 0 Å². The van der Waals surface area contributed by atoms with E-state index in [-0.39, 0.29) is 35.6 Å². The summed E-state index contributed by atoms with van der Waals surface area (Å²) in [6.07, 6.45) is 16.7. The van der Waals surface area contributed by atoms with E-state index in [0.717, 1.165) is 24.2 Å². The van der Waals surface area contributed by atoms with Crippen molar-refractivity contribution in [3.05, 3.63) is 73.6 Å². The predicted octanol–water partition coefficient (Wildman–Crippen LogP) is 10.6. The molecule has 2 aromatic rings. The van der Waals surface area contributed by atoms with E-state index in [9.17, 15) is 0 Å². The van der Waals surface area contributed by atoms with Crippen molar-refractivity contribution in [3.63, 3.8) is 0 Å². The third-order valence-corrected chi connectivity index (χ3v) is 18.9. The third kappa shape index (κ3) is 5.39. The van der Waals surface area contributed by atoms with Crippen molar-refractivity contribution < 1.29 is 21.3 Å². The number of hydrogen-bond donors (Lipinski definition) is 0. The molecule has 0 nitrogen and oxygen atoms in total. The first kappa shape index (κ1) is 32.6. The van der Waals surface area contributed by atoms with Gasteiger partial charge >= 0.3 is 253 Å². The topological polar surface area (TPSA) is 0 Å². The molecule has 3 heteroatoms. The second kappa shape index (κ2) is 11.2. The molecule has 4 saturated carbocycles. The number of halogens is 2. The molecule has 6 aliphatic carbocycles. The van der Waals surface area contributed by atoms with Crippen LogP contribution in [0.3, 0.4) is 0 Å². The standard InChI is InChI=1S/C21H25.C15H19.C3H6.2ClH.Zr/c1-20(2,3)16-9-7-14-11-15-8-10-17(21(4,5)6)13-19(15)18(14)12-16;1-2-4-14(3-1)15-8-11-5-12(9-15)7-13(6-11)10-15;1-3-2;;;/h7,9-10,12-13H,11H2,1-6H3;1,3,11-13H,2,5-10H2;1-2H3;2*1H;. The maximum atomic E-state index is 2.72. The SMILES string of the molecule is C[C](C)=[Zr]([C]1=C(C23CC4CC(CC(C4)C2)C3)C=CC1)[c]1cc(C(C)(C)C)cc2c1Cc1ccc(C(C)(C)C)cc1-2.Cl.Cl. The Morgan fingerprint density at radius 3 is 1.88 bits per heavy atom. The van der Waals surface area contributed by atoms with Gasteiger partial charge in [-0.2, -0.15) is 0 Å². The van der Waals surface area contributed by atoms with Crippen LogP contribution in [0.5, 0.6) is 0 Å². The number of benzene rings is 2. The molecule has 0 aliphatic heterocycles. The van der Waals surface area contributed by atoms with Crippen molar-refractivity contribution in [2.45, 2.75) is 118 Å². The minimum Gasteiger partial charge on any atom is -0.147 e. The summed E-state index contributed by atoms with van der Waals surface area (Å²) in [5.41, 5.74) is 12.0. The van der Waals surface area contributed by atoms with E-state index in [1.54, 1.807) is 23.2 Å². The van der Waals surface area contributed by atoms with Crippen molar-refractivity contribution in [1.29, 1.82) is 0 Å². The van der Waals surface area contributed by atoms with Crippen molar-refractivity contribution in [2.75, 3.05) is 0 Å². The van der Waals surface area contributed by atoms with Crippen LogP contribution >= 0.6 is 24.8 Å². The summed E-state index contributed by atoms with van der Waals surface area (Å²) in [5.74, 6) is 3.02. The molecule has 0 saturated heterocycles. The number of rotatable bonds is 3. The Balaban J connectivity index is 0.00000176. The maximum Gasteiger partial charge on any atom is -0.147 e. The van der Waals surface area contributed by atoms with Gasteiger partial charge in [-0.1, -0.05) is 0 Å². The van der Waals surface area contributed by atoms with Gasteiger partial charge in [0.05, 0.1) is 0 Å². The van der Waals surface area contributed by atoms with Gasteiger partial charge in [0.15, 0.2) is 0 Å². The number of hydrogen-bond acceptors (Lipinski definition) is 0. The van der Waals surface area contributed by atoms with Gasteiger partial charge in [-0.25, -0.2) is 0 Å². The van der Waals surface area contributed by atoms with E-state index in [1.165, 1.54) is 61.6 Å². The minimum absolute atomic E-state index is 0. The van der Waals surface area contributed by atoms with E-state index in [2.05, 4.69) is 97.9 Å². The van der Waals surface area contributed by atoms with Gasteiger partial charge in [0, 0.05) is 0 Å². The Bertz CT molecular complexity index is 1460. The zero-order valence-corrected chi connectivity index (χ0v) is 31.3. The molecule has 0 amide bonds. The monoisotopic (exact) mass is 680 g/mol. The van der Waals surface area contributed by atoms with Gasteiger partial charge in [-0.15, -0.1) is 24.8 Å². The average Bonchev–Trinajstić information content (AvgIpc) is 3.47. The molecule has 0 aromatic heterocycles. The summed E-state index contributed by atoms with van der Waals surface area (Å²) in [6.45, 7) is 19.3. The van der Waals surface area contributed by atoms with Gasteiger partial charge in [-0.3, -0.25) is 0 Å². The molecule has 0 N–H and O–H groups in total. The van der Waals surface area contributed by atoms with Crippen LogP contribution in [0.4, 0.5) is 0 Å². The summed E-state index contributed by atoms with van der Waals surface area (Å²) < 4.78 is 5.52. The third-order valence-electron chi connectivity index (χ3n) is 11.4. The van der Waals surface area contributed by atoms with Crippen LogP contribution < -0.4 is 3.27 Å². The summed E-state index contributed by atoms with van der Waals surface area (Å²) >= 11 is -2.29. The van der Waals surface area contributed by atoms with E-state index < -0.39 is 21.3 Å². The van der Waals surface area contributed by atoms with E-state index in [4.69, 9.17) is 0 Å². The fraction of sp³-hybridized carbons (Fsp3) is 0.564. The first-order valence-electron chi connectivity index (χ1n) is 16.2. The van der Waals surface area contributed by atoms with E-state index in [0.29, 0.717) is 5.41 Å². The van der Waals surface area contributed by atoms with Gasteiger partial charge in [0.2, 0.25) is 0 Å². The first-order valence-corrected chi connectivity index (χ1v) is 19.9. The van der Waals surface area contributed by atoms with E-state index in [1.807, 2.05) is 8.85 Å². The molecule has 4 bridgehead atoms. The van der Waals surface area contributed by atoms with Crippen molar-refractivity contribution >= 4 is 31.3 Å². The van der Waals surface area contributed by atoms with Crippen LogP contribution in [0.25, 0.3) is 11.1 Å². The quantitative estimate of drug-likeness (QED) is 0.258. The molecule has 0 heterocycles. The smallest absolute Gasteiger partial charge is 0.147 e. The summed E-state index contributed by atoms with van der Waals surface area (Å²) in [6, 6.07) is 12.7. The summed E-state index contributed by atoms with van der Waals surface area (Å²) in [4.78, 5) is 0. The minimum atomic E-state index is -2.29. The molecule has 226 valence electrons. The van der Waals surface area contributed by atoms with E-state index >= 15 is 0 Å². The molecule has 8 rings (SSSR count). The van der Waals surface area contributed by atoms with Crippen molar-refractivity contribution in [3.8, 4) is 11.1 Å². The predicted molar refractivity (Wildman–Crippen MR) is 184 cm³/mol. The molecule has 0 radical (unpaired) electrons. The first-order chi connectivity index (χ1) is 18.8. The van der Waals surface area contributed by atoms with Crippen LogP contribution in [0, 0.1) is 23.2 Å². The molecule has 4 fully saturated rings. The van der Waals surface area contributed by atoms with Crippen LogP contribution in [-0.2, 0) is 38.5 Å². The Labute approximate surface area is 276 Å². The Kier molecular flexibility index (Phi) is 8.74. The molecule has 0 spiro atoms. The molecule has 0 unspecified atom stereocenters. The molecular formula is C39H52Cl2Zr. The van der Waals surface area contributed by atoms with Gasteiger partial charge in [0.25, 0.3) is 0 Å².